The van der Waals surface area contributed by atoms with Crippen LogP contribution in [0.4, 0.5) is 0 Å². The van der Waals surface area contributed by atoms with Crippen molar-refractivity contribution in [1.29, 1.82) is 0 Å². The summed E-state index contributed by atoms with van der Waals surface area (Å²) >= 11 is 0. The quantitative estimate of drug-likeness (QED) is 0.586. The van der Waals surface area contributed by atoms with Crippen LogP contribution in [0.25, 0.3) is 0 Å². The highest BCUT2D eigenvalue weighted by molar-refractivity contribution is 6.13. The molecule has 0 aliphatic heterocycles. The molecule has 0 aromatic heterocycles. The Kier molecular flexibility index (Phi) is 6.58. The number of hydrogen-bond acceptors (Lipinski definition) is 3. The molecule has 0 aliphatic carbocycles. The molecule has 0 radical (unpaired) electrons. The second-order valence-electron chi connectivity index (χ2n) is 6.35. The van der Waals surface area contributed by atoms with Gasteiger partial charge in [0.2, 0.25) is 0 Å². The van der Waals surface area contributed by atoms with E-state index in [1.54, 1.807) is 0 Å². The van der Waals surface area contributed by atoms with Gasteiger partial charge in [0.15, 0.2) is 6.04 Å². The lowest BCUT2D eigenvalue weighted by molar-refractivity contribution is -0.138. The highest BCUT2D eigenvalue weighted by Crippen LogP contribution is 2.18. The lowest BCUT2D eigenvalue weighted by Crippen LogP contribution is -2.23. The summed E-state index contributed by atoms with van der Waals surface area (Å²) in [5, 5.41) is 9.81. The van der Waals surface area contributed by atoms with Gasteiger partial charge in [-0.25, -0.2) is 4.79 Å². The Bertz CT molecular complexity index is 895. The standard InChI is InChI=1S/C24H23NO3/c1-2-28-21-15-9-10-18(16-21)17-22(24(26)27)25-23(19-11-5-3-6-12-19)20-13-7-4-8-14-20/h3-16,22H,2,17H2,1H3,(H,26,27)/t22-/m0/s1. The van der Waals surface area contributed by atoms with E-state index in [0.717, 1.165) is 22.4 Å². The van der Waals surface area contributed by atoms with Crippen molar-refractivity contribution in [2.75, 3.05) is 6.61 Å². The Morgan fingerprint density at radius 3 is 2.07 bits per heavy atom. The van der Waals surface area contributed by atoms with Gasteiger partial charge in [-0.15, -0.1) is 0 Å². The molecule has 0 heterocycles. The second-order valence-corrected chi connectivity index (χ2v) is 6.35. The van der Waals surface area contributed by atoms with Crippen molar-refractivity contribution in [3.63, 3.8) is 0 Å². The third kappa shape index (κ3) is 5.07. The zero-order chi connectivity index (χ0) is 19.8. The van der Waals surface area contributed by atoms with Crippen LogP contribution in [0.5, 0.6) is 5.75 Å². The number of hydrogen-bond donors (Lipinski definition) is 1. The first-order valence-electron chi connectivity index (χ1n) is 9.30. The minimum atomic E-state index is -0.953. The average molecular weight is 373 g/mol. The fraction of sp³-hybridized carbons (Fsp3) is 0.167. The summed E-state index contributed by atoms with van der Waals surface area (Å²) in [7, 11) is 0. The number of ether oxygens (including phenoxy) is 1. The number of carbonyl (C=O) groups is 1. The average Bonchev–Trinajstić information content (AvgIpc) is 2.73. The SMILES string of the molecule is CCOc1cccc(C[C@H](N=C(c2ccccc2)c2ccccc2)C(=O)O)c1. The Hall–Kier alpha value is -3.40. The molecular formula is C24H23NO3. The van der Waals surface area contributed by atoms with E-state index in [1.807, 2.05) is 91.9 Å². The van der Waals surface area contributed by atoms with Crippen LogP contribution in [-0.2, 0) is 11.2 Å². The maximum absolute atomic E-state index is 12.0. The summed E-state index contributed by atoms with van der Waals surface area (Å²) in [5.41, 5.74) is 3.34. The van der Waals surface area contributed by atoms with E-state index in [9.17, 15) is 9.90 Å². The van der Waals surface area contributed by atoms with Gasteiger partial charge in [0.1, 0.15) is 5.75 Å². The molecule has 0 saturated heterocycles. The highest BCUT2D eigenvalue weighted by Gasteiger charge is 2.19. The molecule has 3 rings (SSSR count). The fourth-order valence-electron chi connectivity index (χ4n) is 3.00. The minimum Gasteiger partial charge on any atom is -0.494 e. The molecule has 28 heavy (non-hydrogen) atoms. The topological polar surface area (TPSA) is 58.9 Å². The summed E-state index contributed by atoms with van der Waals surface area (Å²) in [6.45, 7) is 2.49. The summed E-state index contributed by atoms with van der Waals surface area (Å²) in [6.07, 6.45) is 0.291. The van der Waals surface area contributed by atoms with Crippen LogP contribution >= 0.6 is 0 Å². The van der Waals surface area contributed by atoms with Crippen LogP contribution in [0, 0.1) is 0 Å². The first-order valence-corrected chi connectivity index (χ1v) is 9.30. The van der Waals surface area contributed by atoms with Crippen molar-refractivity contribution in [3.05, 3.63) is 102 Å². The third-order valence-corrected chi connectivity index (χ3v) is 4.30. The number of aliphatic imine (C=N–C) groups is 1. The molecule has 0 bridgehead atoms. The number of aliphatic carboxylic acids is 1. The number of rotatable bonds is 8. The van der Waals surface area contributed by atoms with Gasteiger partial charge in [-0.1, -0.05) is 72.8 Å². The van der Waals surface area contributed by atoms with Crippen molar-refractivity contribution < 1.29 is 14.6 Å². The van der Waals surface area contributed by atoms with Crippen molar-refractivity contribution in [2.24, 2.45) is 4.99 Å². The maximum atomic E-state index is 12.0. The van der Waals surface area contributed by atoms with E-state index < -0.39 is 12.0 Å². The molecule has 3 aromatic rings. The van der Waals surface area contributed by atoms with E-state index in [2.05, 4.69) is 4.99 Å². The molecule has 4 heteroatoms. The first kappa shape index (κ1) is 19.4. The highest BCUT2D eigenvalue weighted by atomic mass is 16.5. The van der Waals surface area contributed by atoms with Crippen LogP contribution in [-0.4, -0.2) is 29.4 Å². The van der Waals surface area contributed by atoms with E-state index in [1.165, 1.54) is 0 Å². The number of carboxylic acids is 1. The van der Waals surface area contributed by atoms with Gasteiger partial charge in [0.25, 0.3) is 0 Å². The van der Waals surface area contributed by atoms with Crippen LogP contribution < -0.4 is 4.74 Å². The molecule has 0 fully saturated rings. The van der Waals surface area contributed by atoms with Gasteiger partial charge in [-0.05, 0) is 24.6 Å². The Labute approximate surface area is 165 Å². The van der Waals surface area contributed by atoms with E-state index >= 15 is 0 Å². The summed E-state index contributed by atoms with van der Waals surface area (Å²) in [4.78, 5) is 16.6. The number of carboxylic acid groups (broad SMARTS) is 1. The molecule has 0 aliphatic rings. The van der Waals surface area contributed by atoms with Crippen LogP contribution in [0.1, 0.15) is 23.6 Å². The lowest BCUT2D eigenvalue weighted by atomic mass is 10.0. The van der Waals surface area contributed by atoms with Crippen LogP contribution in [0.2, 0.25) is 0 Å². The molecule has 1 atom stereocenters. The van der Waals surface area contributed by atoms with Crippen LogP contribution in [0.15, 0.2) is 89.9 Å². The van der Waals surface area contributed by atoms with E-state index in [0.29, 0.717) is 18.7 Å². The predicted molar refractivity (Wildman–Crippen MR) is 111 cm³/mol. The molecule has 3 aromatic carbocycles. The first-order chi connectivity index (χ1) is 13.7. The molecule has 0 saturated carbocycles. The smallest absolute Gasteiger partial charge is 0.328 e. The zero-order valence-corrected chi connectivity index (χ0v) is 15.8. The molecule has 142 valence electrons. The van der Waals surface area contributed by atoms with Crippen molar-refractivity contribution in [2.45, 2.75) is 19.4 Å². The van der Waals surface area contributed by atoms with E-state index in [-0.39, 0.29) is 0 Å². The van der Waals surface area contributed by atoms with Crippen molar-refractivity contribution >= 4 is 11.7 Å². The minimum absolute atomic E-state index is 0.291. The summed E-state index contributed by atoms with van der Waals surface area (Å²) < 4.78 is 5.53. The Morgan fingerprint density at radius 2 is 1.54 bits per heavy atom. The van der Waals surface area contributed by atoms with Crippen LogP contribution in [0.3, 0.4) is 0 Å². The molecule has 0 unspecified atom stereocenters. The van der Waals surface area contributed by atoms with Crippen molar-refractivity contribution in [1.82, 2.24) is 0 Å². The predicted octanol–water partition coefficient (Wildman–Crippen LogP) is 4.62. The Balaban J connectivity index is 1.98. The number of benzene rings is 3. The van der Waals surface area contributed by atoms with Gasteiger partial charge >= 0.3 is 5.97 Å². The normalized spacial score (nSPS) is 11.5. The fourth-order valence-corrected chi connectivity index (χ4v) is 3.00. The Morgan fingerprint density at radius 1 is 0.929 bits per heavy atom. The van der Waals surface area contributed by atoms with Gasteiger partial charge < -0.3 is 9.84 Å². The third-order valence-electron chi connectivity index (χ3n) is 4.30. The van der Waals surface area contributed by atoms with E-state index in [4.69, 9.17) is 4.74 Å². The second kappa shape index (κ2) is 9.51. The van der Waals surface area contributed by atoms with Gasteiger partial charge in [-0.2, -0.15) is 0 Å². The zero-order valence-electron chi connectivity index (χ0n) is 15.8. The van der Waals surface area contributed by atoms with Gasteiger partial charge in [0.05, 0.1) is 12.3 Å². The largest absolute Gasteiger partial charge is 0.494 e. The maximum Gasteiger partial charge on any atom is 0.328 e. The van der Waals surface area contributed by atoms with Crippen molar-refractivity contribution in [3.8, 4) is 5.75 Å². The number of nitrogens with zero attached hydrogens (tertiary/aromatic N) is 1. The summed E-state index contributed by atoms with van der Waals surface area (Å²) in [5.74, 6) is -0.217. The summed E-state index contributed by atoms with van der Waals surface area (Å²) in [6, 6.07) is 26.0. The monoisotopic (exact) mass is 373 g/mol. The van der Waals surface area contributed by atoms with Gasteiger partial charge in [-0.3, -0.25) is 4.99 Å². The molecule has 4 nitrogen and oxygen atoms in total. The molecule has 0 spiro atoms. The molecule has 0 amide bonds. The molecular weight excluding hydrogens is 350 g/mol. The molecule has 1 N–H and O–H groups in total. The lowest BCUT2D eigenvalue weighted by Gasteiger charge is -2.14. The van der Waals surface area contributed by atoms with Gasteiger partial charge in [0, 0.05) is 17.5 Å².